The summed E-state index contributed by atoms with van der Waals surface area (Å²) >= 11 is 0. The quantitative estimate of drug-likeness (QED) is 0.593. The number of nitrogens with one attached hydrogen (secondary N) is 2. The van der Waals surface area contributed by atoms with Gasteiger partial charge in [0.1, 0.15) is 11.5 Å². The van der Waals surface area contributed by atoms with E-state index in [0.717, 1.165) is 77.7 Å². The molecule has 1 aromatic carbocycles. The molecule has 1 amide bonds. The molecular weight excluding hydrogens is 426 g/mol. The number of nitrogens with zero attached hydrogens (tertiary/aromatic N) is 4. The van der Waals surface area contributed by atoms with E-state index in [9.17, 15) is 13.6 Å². The normalized spacial score (nSPS) is 18.5. The number of piperidine rings is 1. The van der Waals surface area contributed by atoms with E-state index in [4.69, 9.17) is 0 Å². The molecule has 2 aromatic rings. The fraction of sp³-hybridized carbons (Fsp3) is 0.583. The van der Waals surface area contributed by atoms with Crippen molar-refractivity contribution in [1.29, 1.82) is 0 Å². The summed E-state index contributed by atoms with van der Waals surface area (Å²) in [4.78, 5) is 18.0. The van der Waals surface area contributed by atoms with Crippen LogP contribution in [0, 0.1) is 11.6 Å². The van der Waals surface area contributed by atoms with Gasteiger partial charge in [-0.1, -0.05) is 6.92 Å². The van der Waals surface area contributed by atoms with Crippen LogP contribution in [0.4, 0.5) is 8.78 Å². The molecule has 180 valence electrons. The summed E-state index contributed by atoms with van der Waals surface area (Å²) in [5.41, 5.74) is 1.34. The van der Waals surface area contributed by atoms with E-state index in [1.54, 1.807) is 0 Å². The fourth-order valence-corrected chi connectivity index (χ4v) is 4.79. The summed E-state index contributed by atoms with van der Waals surface area (Å²) in [7, 11) is 0. The maximum Gasteiger partial charge on any atom is 0.254 e. The molecule has 33 heavy (non-hydrogen) atoms. The zero-order valence-electron chi connectivity index (χ0n) is 19.3. The van der Waals surface area contributed by atoms with Gasteiger partial charge in [0.25, 0.3) is 5.91 Å². The number of benzene rings is 1. The summed E-state index contributed by atoms with van der Waals surface area (Å²) in [5, 5.41) is 10.7. The first-order valence-electron chi connectivity index (χ1n) is 12.0. The first-order valence-corrected chi connectivity index (χ1v) is 12.0. The third-order valence-corrected chi connectivity index (χ3v) is 6.76. The van der Waals surface area contributed by atoms with Crippen molar-refractivity contribution in [3.8, 4) is 5.69 Å². The first kappa shape index (κ1) is 23.8. The van der Waals surface area contributed by atoms with Gasteiger partial charge >= 0.3 is 0 Å². The molecule has 0 spiro atoms. The van der Waals surface area contributed by atoms with Crippen LogP contribution in [0.2, 0.25) is 0 Å². The molecule has 0 saturated carbocycles. The van der Waals surface area contributed by atoms with Gasteiger partial charge in [-0.05, 0) is 57.6 Å². The third-order valence-electron chi connectivity index (χ3n) is 6.76. The summed E-state index contributed by atoms with van der Waals surface area (Å²) in [6.45, 7) is 10.8. The van der Waals surface area contributed by atoms with Crippen LogP contribution in [0.5, 0.6) is 0 Å². The summed E-state index contributed by atoms with van der Waals surface area (Å²) < 4.78 is 29.5. The van der Waals surface area contributed by atoms with Gasteiger partial charge in [-0.3, -0.25) is 4.79 Å². The zero-order valence-corrected chi connectivity index (χ0v) is 19.3. The highest BCUT2D eigenvalue weighted by atomic mass is 19.1. The maximum atomic E-state index is 14.5. The van der Waals surface area contributed by atoms with Gasteiger partial charge in [0.2, 0.25) is 0 Å². The van der Waals surface area contributed by atoms with Crippen LogP contribution in [-0.2, 0) is 0 Å². The van der Waals surface area contributed by atoms with Crippen molar-refractivity contribution in [3.05, 3.63) is 47.3 Å². The largest absolute Gasteiger partial charge is 0.352 e. The predicted octanol–water partition coefficient (Wildman–Crippen LogP) is 2.37. The van der Waals surface area contributed by atoms with Crippen molar-refractivity contribution in [1.82, 2.24) is 30.2 Å². The molecule has 2 fully saturated rings. The molecule has 1 aromatic heterocycles. The number of piperazine rings is 1. The Bertz CT molecular complexity index is 935. The number of aromatic nitrogens is 2. The molecule has 2 N–H and O–H groups in total. The molecule has 2 aliphatic heterocycles. The Morgan fingerprint density at radius 1 is 1.15 bits per heavy atom. The van der Waals surface area contributed by atoms with Crippen molar-refractivity contribution in [2.24, 2.45) is 0 Å². The number of likely N-dealkylation sites (N-methyl/N-ethyl adjacent to an activating group) is 1. The Kier molecular flexibility index (Phi) is 8.06. The molecule has 2 aliphatic rings. The predicted molar refractivity (Wildman–Crippen MR) is 124 cm³/mol. The van der Waals surface area contributed by atoms with Crippen LogP contribution in [-0.4, -0.2) is 84.4 Å². The molecule has 2 saturated heterocycles. The third kappa shape index (κ3) is 5.77. The monoisotopic (exact) mass is 460 g/mol. The summed E-state index contributed by atoms with van der Waals surface area (Å²) in [6.07, 6.45) is 4.05. The van der Waals surface area contributed by atoms with Crippen LogP contribution in [0.25, 0.3) is 5.69 Å². The van der Waals surface area contributed by atoms with E-state index in [1.165, 1.54) is 23.0 Å². The molecule has 0 atom stereocenters. The van der Waals surface area contributed by atoms with Crippen molar-refractivity contribution in [3.63, 3.8) is 0 Å². The lowest BCUT2D eigenvalue weighted by molar-refractivity contribution is 0.0946. The first-order chi connectivity index (χ1) is 16.1. The number of hydrogen-bond donors (Lipinski definition) is 2. The van der Waals surface area contributed by atoms with Crippen LogP contribution in [0.3, 0.4) is 0 Å². The zero-order chi connectivity index (χ0) is 23.2. The van der Waals surface area contributed by atoms with Crippen LogP contribution in [0.15, 0.2) is 24.4 Å². The minimum atomic E-state index is -0.691. The van der Waals surface area contributed by atoms with Gasteiger partial charge in [0.15, 0.2) is 5.82 Å². The highest BCUT2D eigenvalue weighted by Gasteiger charge is 2.28. The lowest BCUT2D eigenvalue weighted by Gasteiger charge is -2.33. The molecule has 0 unspecified atom stereocenters. The Hall–Kier alpha value is -2.36. The molecule has 0 radical (unpaired) electrons. The number of rotatable bonds is 8. The summed E-state index contributed by atoms with van der Waals surface area (Å²) in [6, 6.07) is 3.44. The van der Waals surface area contributed by atoms with Gasteiger partial charge in [-0.15, -0.1) is 0 Å². The molecule has 9 heteroatoms. The highest BCUT2D eigenvalue weighted by Crippen LogP contribution is 2.31. The number of amides is 1. The Labute approximate surface area is 194 Å². The standard InChI is InChI=1S/C24H34F2N6O/c1-2-30-12-14-31(15-13-30)11-3-8-28-24(33)20-17-29-32(22-5-4-19(25)16-21(22)26)23(20)18-6-9-27-10-7-18/h4-5,16-18,27H,2-3,6-15H2,1H3,(H,28,33). The van der Waals surface area contributed by atoms with Crippen molar-refractivity contribution in [2.45, 2.75) is 32.1 Å². The molecule has 0 bridgehead atoms. The molecular formula is C24H34F2N6O. The average Bonchev–Trinajstić information content (AvgIpc) is 3.27. The summed E-state index contributed by atoms with van der Waals surface area (Å²) in [5.74, 6) is -1.44. The number of hydrogen-bond acceptors (Lipinski definition) is 5. The van der Waals surface area contributed by atoms with E-state index in [-0.39, 0.29) is 17.5 Å². The van der Waals surface area contributed by atoms with Gasteiger partial charge in [-0.2, -0.15) is 5.10 Å². The lowest BCUT2D eigenvalue weighted by atomic mass is 9.91. The molecule has 4 rings (SSSR count). The van der Waals surface area contributed by atoms with Gasteiger partial charge in [0.05, 0.1) is 17.5 Å². The second kappa shape index (κ2) is 11.2. The number of carbonyl (C=O) groups is 1. The van der Waals surface area contributed by atoms with Crippen LogP contribution in [0.1, 0.15) is 48.2 Å². The Balaban J connectivity index is 1.43. The van der Waals surface area contributed by atoms with Gasteiger partial charge in [-0.25, -0.2) is 13.5 Å². The van der Waals surface area contributed by atoms with Crippen molar-refractivity contribution < 1.29 is 13.6 Å². The average molecular weight is 461 g/mol. The second-order valence-corrected chi connectivity index (χ2v) is 8.86. The molecule has 0 aliphatic carbocycles. The van der Waals surface area contributed by atoms with Crippen molar-refractivity contribution in [2.75, 3.05) is 58.9 Å². The van der Waals surface area contributed by atoms with E-state index >= 15 is 0 Å². The van der Waals surface area contributed by atoms with Gasteiger partial charge in [0, 0.05) is 44.7 Å². The van der Waals surface area contributed by atoms with Gasteiger partial charge < -0.3 is 20.4 Å². The van der Waals surface area contributed by atoms with E-state index in [0.29, 0.717) is 17.8 Å². The van der Waals surface area contributed by atoms with Crippen LogP contribution >= 0.6 is 0 Å². The van der Waals surface area contributed by atoms with Crippen LogP contribution < -0.4 is 10.6 Å². The van der Waals surface area contributed by atoms with E-state index in [2.05, 4.69) is 32.5 Å². The highest BCUT2D eigenvalue weighted by molar-refractivity contribution is 5.95. The Morgan fingerprint density at radius 3 is 2.58 bits per heavy atom. The lowest BCUT2D eigenvalue weighted by Crippen LogP contribution is -2.46. The smallest absolute Gasteiger partial charge is 0.254 e. The topological polar surface area (TPSA) is 65.4 Å². The second-order valence-electron chi connectivity index (χ2n) is 8.86. The molecule has 7 nitrogen and oxygen atoms in total. The Morgan fingerprint density at radius 2 is 1.88 bits per heavy atom. The minimum Gasteiger partial charge on any atom is -0.352 e. The minimum absolute atomic E-state index is 0.0776. The fourth-order valence-electron chi connectivity index (χ4n) is 4.79. The van der Waals surface area contributed by atoms with E-state index < -0.39 is 11.6 Å². The van der Waals surface area contributed by atoms with E-state index in [1.807, 2.05) is 0 Å². The van der Waals surface area contributed by atoms with Crippen molar-refractivity contribution >= 4 is 5.91 Å². The SMILES string of the molecule is CCN1CCN(CCCNC(=O)c2cnn(-c3ccc(F)cc3F)c2C2CCNCC2)CC1. The molecule has 3 heterocycles. The number of halogens is 2. The maximum absolute atomic E-state index is 14.5. The number of carbonyl (C=O) groups excluding carboxylic acids is 1.